The predicted octanol–water partition coefficient (Wildman–Crippen LogP) is 3.99. The molecule has 4 aliphatic carbocycles. The van der Waals surface area contributed by atoms with E-state index in [-0.39, 0.29) is 6.92 Å². The van der Waals surface area contributed by atoms with Crippen LogP contribution in [0.25, 0.3) is 0 Å². The van der Waals surface area contributed by atoms with Crippen molar-refractivity contribution in [1.29, 1.82) is 0 Å². The maximum Gasteiger partial charge on any atom is 0.466 e. The van der Waals surface area contributed by atoms with Crippen molar-refractivity contribution >= 4 is 5.97 Å². The van der Waals surface area contributed by atoms with Crippen LogP contribution < -0.4 is 0 Å². The molecule has 0 atom stereocenters. The second kappa shape index (κ2) is 4.10. The first-order valence-corrected chi connectivity index (χ1v) is 7.10. The van der Waals surface area contributed by atoms with Gasteiger partial charge in [-0.3, -0.25) is 4.79 Å². The van der Waals surface area contributed by atoms with Crippen LogP contribution >= 0.6 is 0 Å². The average Bonchev–Trinajstić information content (AvgIpc) is 2.24. The van der Waals surface area contributed by atoms with Gasteiger partial charge >= 0.3 is 18.0 Å². The van der Waals surface area contributed by atoms with E-state index >= 15 is 0 Å². The van der Waals surface area contributed by atoms with Crippen molar-refractivity contribution in [1.82, 2.24) is 0 Å². The van der Waals surface area contributed by atoms with Crippen LogP contribution in [0.5, 0.6) is 0 Å². The van der Waals surface area contributed by atoms with Crippen LogP contribution in [0.3, 0.4) is 0 Å². The minimum absolute atomic E-state index is 0.0694. The zero-order chi connectivity index (χ0) is 14.8. The Labute approximate surface area is 114 Å². The van der Waals surface area contributed by atoms with Crippen molar-refractivity contribution in [2.45, 2.75) is 57.5 Å². The number of rotatable bonds is 3. The van der Waals surface area contributed by atoms with Gasteiger partial charge in [-0.15, -0.1) is 0 Å². The van der Waals surface area contributed by atoms with Gasteiger partial charge in [-0.25, -0.2) is 0 Å². The molecule has 0 aromatic carbocycles. The molecular weight excluding hydrogens is 276 g/mol. The first-order valence-electron chi connectivity index (χ1n) is 7.10. The van der Waals surface area contributed by atoms with Crippen molar-refractivity contribution in [3.05, 3.63) is 0 Å². The lowest BCUT2D eigenvalue weighted by Gasteiger charge is -2.55. The molecule has 0 amide bonds. The summed E-state index contributed by atoms with van der Waals surface area (Å²) < 4.78 is 56.1. The number of halogens is 4. The Morgan fingerprint density at radius 3 is 1.75 bits per heavy atom. The fourth-order valence-electron chi connectivity index (χ4n) is 4.67. The van der Waals surface area contributed by atoms with Crippen LogP contribution in [0.1, 0.15) is 45.4 Å². The summed E-state index contributed by atoms with van der Waals surface area (Å²) in [6.07, 6.45) is -0.0738. The van der Waals surface area contributed by atoms with E-state index in [1.165, 1.54) is 0 Å². The lowest BCUT2D eigenvalue weighted by Crippen LogP contribution is -2.53. The summed E-state index contributed by atoms with van der Waals surface area (Å²) in [6, 6.07) is 0. The predicted molar refractivity (Wildman–Crippen MR) is 62.3 cm³/mol. The van der Waals surface area contributed by atoms with Crippen molar-refractivity contribution in [2.75, 3.05) is 0 Å². The van der Waals surface area contributed by atoms with Gasteiger partial charge in [0.2, 0.25) is 0 Å². The van der Waals surface area contributed by atoms with E-state index in [0.29, 0.717) is 37.0 Å². The molecule has 114 valence electrons. The lowest BCUT2D eigenvalue weighted by molar-refractivity contribution is -0.330. The maximum atomic E-state index is 13.3. The lowest BCUT2D eigenvalue weighted by atomic mass is 9.49. The van der Waals surface area contributed by atoms with Gasteiger partial charge in [0.25, 0.3) is 0 Å². The van der Waals surface area contributed by atoms with Crippen LogP contribution in [-0.4, -0.2) is 18.0 Å². The zero-order valence-electron chi connectivity index (χ0n) is 11.3. The van der Waals surface area contributed by atoms with Crippen molar-refractivity contribution in [3.63, 3.8) is 0 Å². The molecule has 0 aliphatic heterocycles. The molecule has 4 rings (SSSR count). The number of carbonyl (C=O) groups is 1. The van der Waals surface area contributed by atoms with Crippen LogP contribution in [0.2, 0.25) is 0 Å². The van der Waals surface area contributed by atoms with E-state index in [2.05, 4.69) is 4.74 Å². The summed E-state index contributed by atoms with van der Waals surface area (Å²) >= 11 is 0. The summed E-state index contributed by atoms with van der Waals surface area (Å²) in [6.45, 7) is 0.0694. The molecule has 4 fully saturated rings. The Balaban J connectivity index is 1.78. The molecule has 0 radical (unpaired) electrons. The topological polar surface area (TPSA) is 26.3 Å². The highest BCUT2D eigenvalue weighted by atomic mass is 19.3. The first-order chi connectivity index (χ1) is 9.11. The molecule has 0 spiro atoms. The quantitative estimate of drug-likeness (QED) is 0.581. The van der Waals surface area contributed by atoms with Crippen molar-refractivity contribution in [3.8, 4) is 0 Å². The fraction of sp³-hybridized carbons (Fsp3) is 0.929. The van der Waals surface area contributed by atoms with Crippen LogP contribution in [0, 0.1) is 23.2 Å². The summed E-state index contributed by atoms with van der Waals surface area (Å²) in [5.41, 5.74) is -0.941. The number of esters is 1. The van der Waals surface area contributed by atoms with Crippen molar-refractivity contribution in [2.24, 2.45) is 23.2 Å². The summed E-state index contributed by atoms with van der Waals surface area (Å²) in [5, 5.41) is 0. The van der Waals surface area contributed by atoms with Crippen molar-refractivity contribution < 1.29 is 27.1 Å². The number of alkyl halides is 4. The molecule has 4 aliphatic rings. The molecule has 0 aromatic heterocycles. The average molecular weight is 294 g/mol. The number of carbonyl (C=O) groups excluding carboxylic acids is 1. The smallest absolute Gasteiger partial charge is 0.396 e. The largest absolute Gasteiger partial charge is 0.466 e. The Kier molecular flexibility index (Phi) is 2.90. The SMILES string of the molecule is CC(F)(F)C(F)(F)OC(=O)C12CC3CC(CC(C3)C1)C2. The van der Waals surface area contributed by atoms with Gasteiger partial charge in [0.05, 0.1) is 5.41 Å². The molecule has 0 unspecified atom stereocenters. The minimum atomic E-state index is -4.73. The molecule has 20 heavy (non-hydrogen) atoms. The van der Waals surface area contributed by atoms with Gasteiger partial charge in [-0.1, -0.05) is 0 Å². The highest BCUT2D eigenvalue weighted by Crippen LogP contribution is 2.60. The summed E-state index contributed by atoms with van der Waals surface area (Å²) in [4.78, 5) is 12.1. The molecule has 6 heteroatoms. The molecule has 4 saturated carbocycles. The zero-order valence-corrected chi connectivity index (χ0v) is 11.3. The van der Waals surface area contributed by atoms with Gasteiger partial charge in [-0.05, 0) is 56.3 Å². The van der Waals surface area contributed by atoms with E-state index in [9.17, 15) is 22.4 Å². The maximum absolute atomic E-state index is 13.3. The Bertz CT molecular complexity index is 392. The summed E-state index contributed by atoms with van der Waals surface area (Å²) in [7, 11) is 0. The standard InChI is InChI=1S/C14H18F4O2/c1-12(15,16)14(17,18)20-11(19)13-5-8-2-9(6-13)4-10(3-8)7-13/h8-10H,2-7H2,1H3. The van der Waals surface area contributed by atoms with Crippen LogP contribution in [-0.2, 0) is 9.53 Å². The van der Waals surface area contributed by atoms with Crippen LogP contribution in [0.4, 0.5) is 17.6 Å². The third kappa shape index (κ3) is 2.11. The Morgan fingerprint density at radius 2 is 1.40 bits per heavy atom. The van der Waals surface area contributed by atoms with Crippen LogP contribution in [0.15, 0.2) is 0 Å². The highest BCUT2D eigenvalue weighted by Gasteiger charge is 2.61. The number of hydrogen-bond acceptors (Lipinski definition) is 2. The second-order valence-electron chi connectivity index (χ2n) is 6.99. The van der Waals surface area contributed by atoms with E-state index in [0.717, 1.165) is 19.3 Å². The molecule has 4 bridgehead atoms. The molecule has 2 nitrogen and oxygen atoms in total. The van der Waals surface area contributed by atoms with E-state index in [1.54, 1.807) is 0 Å². The van der Waals surface area contributed by atoms with Gasteiger partial charge in [0, 0.05) is 6.92 Å². The van der Waals surface area contributed by atoms with E-state index < -0.39 is 23.4 Å². The van der Waals surface area contributed by atoms with E-state index in [4.69, 9.17) is 0 Å². The van der Waals surface area contributed by atoms with Gasteiger partial charge in [0.15, 0.2) is 0 Å². The molecule has 0 N–H and O–H groups in total. The Hall–Kier alpha value is -0.810. The number of hydrogen-bond donors (Lipinski definition) is 0. The molecule has 0 saturated heterocycles. The third-order valence-electron chi connectivity index (χ3n) is 5.20. The molecule has 0 heterocycles. The first kappa shape index (κ1) is 14.1. The monoisotopic (exact) mass is 294 g/mol. The van der Waals surface area contributed by atoms with E-state index in [1.807, 2.05) is 0 Å². The Morgan fingerprint density at radius 1 is 1.00 bits per heavy atom. The van der Waals surface area contributed by atoms with Gasteiger partial charge in [0.1, 0.15) is 0 Å². The minimum Gasteiger partial charge on any atom is -0.396 e. The highest BCUT2D eigenvalue weighted by molar-refractivity contribution is 5.78. The number of ether oxygens (including phenoxy) is 1. The third-order valence-corrected chi connectivity index (χ3v) is 5.20. The molecular formula is C14H18F4O2. The summed E-state index contributed by atoms with van der Waals surface area (Å²) in [5.74, 6) is -4.38. The molecule has 0 aromatic rings. The van der Waals surface area contributed by atoms with Gasteiger partial charge < -0.3 is 4.74 Å². The fourth-order valence-corrected chi connectivity index (χ4v) is 4.67. The van der Waals surface area contributed by atoms with Gasteiger partial charge in [-0.2, -0.15) is 17.6 Å². The normalized spacial score (nSPS) is 40.0. The second-order valence-corrected chi connectivity index (χ2v) is 6.99.